The van der Waals surface area contributed by atoms with Crippen LogP contribution in [0.15, 0.2) is 41.4 Å². The van der Waals surface area contributed by atoms with Gasteiger partial charge in [0.1, 0.15) is 5.82 Å². The Morgan fingerprint density at radius 2 is 2.16 bits per heavy atom. The zero-order chi connectivity index (χ0) is 13.8. The monoisotopic (exact) mass is 274 g/mol. The summed E-state index contributed by atoms with van der Waals surface area (Å²) in [6.45, 7) is 0. The van der Waals surface area contributed by atoms with Crippen molar-refractivity contribution < 1.29 is 4.79 Å². The van der Waals surface area contributed by atoms with Crippen LogP contribution in [0.2, 0.25) is 0 Å². The molecule has 0 fully saturated rings. The molecule has 19 heavy (non-hydrogen) atoms. The van der Waals surface area contributed by atoms with Crippen molar-refractivity contribution in [1.29, 1.82) is 0 Å². The third-order valence-corrected chi connectivity index (χ3v) is 3.23. The highest BCUT2D eigenvalue weighted by Crippen LogP contribution is 2.23. The Bertz CT molecular complexity index is 615. The quantitative estimate of drug-likeness (QED) is 0.743. The molecule has 0 radical (unpaired) electrons. The smallest absolute Gasteiger partial charge is 0.252 e. The highest BCUT2D eigenvalue weighted by Gasteiger charge is 2.10. The normalized spacial score (nSPS) is 10.2. The molecule has 1 aromatic heterocycles. The van der Waals surface area contributed by atoms with Gasteiger partial charge in [-0.15, -0.1) is 11.8 Å². The number of nitrogens with one attached hydrogen (secondary N) is 1. The topological polar surface area (TPSA) is 94.0 Å². The third kappa shape index (κ3) is 3.17. The van der Waals surface area contributed by atoms with Crippen LogP contribution < -0.4 is 16.8 Å². The van der Waals surface area contributed by atoms with E-state index < -0.39 is 5.91 Å². The molecule has 98 valence electrons. The van der Waals surface area contributed by atoms with E-state index >= 15 is 0 Å². The standard InChI is InChI=1S/C13H14N4OS/c1-19-10-4-2-3-9(6-10)17-13-11(12(15)18)5-8(14)7-16-13/h2-7H,14H2,1H3,(H2,15,18)(H,16,17). The fourth-order valence-electron chi connectivity index (χ4n) is 1.61. The summed E-state index contributed by atoms with van der Waals surface area (Å²) in [4.78, 5) is 16.6. The van der Waals surface area contributed by atoms with Gasteiger partial charge in [0.15, 0.2) is 0 Å². The number of rotatable bonds is 4. The van der Waals surface area contributed by atoms with Gasteiger partial charge in [0.05, 0.1) is 17.4 Å². The van der Waals surface area contributed by atoms with E-state index in [9.17, 15) is 4.79 Å². The van der Waals surface area contributed by atoms with Crippen LogP contribution in [0.3, 0.4) is 0 Å². The summed E-state index contributed by atoms with van der Waals surface area (Å²) in [7, 11) is 0. The number of nitrogens with zero attached hydrogens (tertiary/aromatic N) is 1. The van der Waals surface area contributed by atoms with Crippen molar-refractivity contribution in [3.63, 3.8) is 0 Å². The van der Waals surface area contributed by atoms with Crippen LogP contribution in [-0.4, -0.2) is 17.1 Å². The fourth-order valence-corrected chi connectivity index (χ4v) is 2.07. The van der Waals surface area contributed by atoms with Crippen LogP contribution >= 0.6 is 11.8 Å². The lowest BCUT2D eigenvalue weighted by atomic mass is 10.2. The molecule has 0 unspecified atom stereocenters. The van der Waals surface area contributed by atoms with E-state index in [1.807, 2.05) is 30.5 Å². The van der Waals surface area contributed by atoms with Crippen molar-refractivity contribution in [1.82, 2.24) is 4.98 Å². The second-order valence-electron chi connectivity index (χ2n) is 3.89. The zero-order valence-electron chi connectivity index (χ0n) is 10.4. The Morgan fingerprint density at radius 3 is 2.84 bits per heavy atom. The van der Waals surface area contributed by atoms with Crippen molar-refractivity contribution in [2.75, 3.05) is 17.3 Å². The van der Waals surface area contributed by atoms with E-state index in [-0.39, 0.29) is 5.56 Å². The van der Waals surface area contributed by atoms with Gasteiger partial charge in [0.25, 0.3) is 5.91 Å². The molecule has 0 spiro atoms. The van der Waals surface area contributed by atoms with Gasteiger partial charge in [-0.25, -0.2) is 4.98 Å². The van der Waals surface area contributed by atoms with Crippen LogP contribution in [-0.2, 0) is 0 Å². The van der Waals surface area contributed by atoms with Gasteiger partial charge in [-0.1, -0.05) is 6.07 Å². The van der Waals surface area contributed by atoms with E-state index in [0.717, 1.165) is 10.6 Å². The Hall–Kier alpha value is -2.21. The van der Waals surface area contributed by atoms with E-state index in [4.69, 9.17) is 11.5 Å². The molecule has 6 heteroatoms. The minimum atomic E-state index is -0.566. The highest BCUT2D eigenvalue weighted by molar-refractivity contribution is 7.98. The molecule has 0 aliphatic rings. The predicted octanol–water partition coefficient (Wildman–Crippen LogP) is 2.23. The summed E-state index contributed by atoms with van der Waals surface area (Å²) in [5, 5.41) is 3.07. The molecule has 1 heterocycles. The van der Waals surface area contributed by atoms with E-state index in [2.05, 4.69) is 10.3 Å². The maximum Gasteiger partial charge on any atom is 0.252 e. The Kier molecular flexibility index (Phi) is 3.91. The van der Waals surface area contributed by atoms with Crippen molar-refractivity contribution >= 4 is 34.9 Å². The molecule has 0 aliphatic carbocycles. The summed E-state index contributed by atoms with van der Waals surface area (Å²) >= 11 is 1.63. The molecular formula is C13H14N4OS. The largest absolute Gasteiger partial charge is 0.397 e. The second-order valence-corrected chi connectivity index (χ2v) is 4.77. The number of benzene rings is 1. The Morgan fingerprint density at radius 1 is 1.37 bits per heavy atom. The number of pyridine rings is 1. The first-order chi connectivity index (χ1) is 9.10. The first-order valence-electron chi connectivity index (χ1n) is 5.56. The average Bonchev–Trinajstić information content (AvgIpc) is 2.41. The second kappa shape index (κ2) is 5.62. The van der Waals surface area contributed by atoms with Gasteiger partial charge < -0.3 is 16.8 Å². The predicted molar refractivity (Wildman–Crippen MR) is 78.7 cm³/mol. The maximum atomic E-state index is 11.4. The van der Waals surface area contributed by atoms with E-state index in [0.29, 0.717) is 11.5 Å². The molecule has 0 atom stereocenters. The lowest BCUT2D eigenvalue weighted by molar-refractivity contribution is 0.100. The third-order valence-electron chi connectivity index (χ3n) is 2.51. The number of hydrogen-bond donors (Lipinski definition) is 3. The SMILES string of the molecule is CSc1cccc(Nc2ncc(N)cc2C(N)=O)c1. The molecule has 2 aromatic rings. The number of aromatic nitrogens is 1. The molecule has 0 saturated heterocycles. The summed E-state index contributed by atoms with van der Waals surface area (Å²) in [6.07, 6.45) is 3.47. The van der Waals surface area contributed by atoms with Gasteiger partial charge in [-0.3, -0.25) is 4.79 Å². The van der Waals surface area contributed by atoms with Crippen molar-refractivity contribution in [2.24, 2.45) is 5.73 Å². The van der Waals surface area contributed by atoms with Gasteiger partial charge in [0, 0.05) is 10.6 Å². The van der Waals surface area contributed by atoms with Crippen molar-refractivity contribution in [2.45, 2.75) is 4.90 Å². The summed E-state index contributed by atoms with van der Waals surface area (Å²) in [5.74, 6) is -0.164. The number of hydrogen-bond acceptors (Lipinski definition) is 5. The summed E-state index contributed by atoms with van der Waals surface area (Å²) < 4.78 is 0. The van der Waals surface area contributed by atoms with Crippen LogP contribution in [0.4, 0.5) is 17.2 Å². The zero-order valence-corrected chi connectivity index (χ0v) is 11.2. The van der Waals surface area contributed by atoms with Crippen LogP contribution in [0, 0.1) is 0 Å². The number of nitrogens with two attached hydrogens (primary N) is 2. The molecule has 0 bridgehead atoms. The van der Waals surface area contributed by atoms with Crippen molar-refractivity contribution in [3.05, 3.63) is 42.1 Å². The summed E-state index contributed by atoms with van der Waals surface area (Å²) in [6, 6.07) is 9.29. The number of nitrogen functional groups attached to an aromatic ring is 1. The minimum Gasteiger partial charge on any atom is -0.397 e. The lowest BCUT2D eigenvalue weighted by Gasteiger charge is -2.10. The number of carbonyl (C=O) groups excluding carboxylic acids is 1. The maximum absolute atomic E-state index is 11.4. The lowest BCUT2D eigenvalue weighted by Crippen LogP contribution is -2.14. The molecule has 2 rings (SSSR count). The average molecular weight is 274 g/mol. The molecule has 0 aliphatic heterocycles. The van der Waals surface area contributed by atoms with Crippen LogP contribution in [0.25, 0.3) is 0 Å². The van der Waals surface area contributed by atoms with E-state index in [1.165, 1.54) is 12.3 Å². The number of amides is 1. The number of thioether (sulfide) groups is 1. The van der Waals surface area contributed by atoms with Crippen molar-refractivity contribution in [3.8, 4) is 0 Å². The molecular weight excluding hydrogens is 260 g/mol. The molecule has 1 aromatic carbocycles. The summed E-state index contributed by atoms with van der Waals surface area (Å²) in [5.41, 5.74) is 12.4. The number of primary amides is 1. The highest BCUT2D eigenvalue weighted by atomic mass is 32.2. The molecule has 0 saturated carbocycles. The Balaban J connectivity index is 2.34. The number of carbonyl (C=O) groups is 1. The van der Waals surface area contributed by atoms with Gasteiger partial charge in [-0.2, -0.15) is 0 Å². The van der Waals surface area contributed by atoms with E-state index in [1.54, 1.807) is 11.8 Å². The minimum absolute atomic E-state index is 0.273. The molecule has 5 N–H and O–H groups in total. The van der Waals surface area contributed by atoms with Gasteiger partial charge >= 0.3 is 0 Å². The number of anilines is 3. The van der Waals surface area contributed by atoms with Crippen LogP contribution in [0.5, 0.6) is 0 Å². The Labute approximate surface area is 115 Å². The van der Waals surface area contributed by atoms with Crippen LogP contribution in [0.1, 0.15) is 10.4 Å². The molecule has 1 amide bonds. The van der Waals surface area contributed by atoms with Gasteiger partial charge in [0.2, 0.25) is 0 Å². The van der Waals surface area contributed by atoms with Gasteiger partial charge in [-0.05, 0) is 30.5 Å². The first-order valence-corrected chi connectivity index (χ1v) is 6.79. The molecule has 5 nitrogen and oxygen atoms in total. The first kappa shape index (κ1) is 13.2. The fraction of sp³-hybridized carbons (Fsp3) is 0.0769.